The summed E-state index contributed by atoms with van der Waals surface area (Å²) in [5, 5.41) is 14.2. The number of thioether (sulfide) groups is 1. The highest BCUT2D eigenvalue weighted by atomic mass is 32.2. The molecule has 0 radical (unpaired) electrons. The molecule has 0 saturated heterocycles. The molecule has 0 aliphatic carbocycles. The number of rotatable bonds is 13. The van der Waals surface area contributed by atoms with Crippen LogP contribution in [-0.2, 0) is 25.5 Å². The Hall–Kier alpha value is -2.36. The highest BCUT2D eigenvalue weighted by Crippen LogP contribution is 2.31. The molecular weight excluding hydrogens is 472 g/mol. The molecule has 2 aromatic rings. The normalized spacial score (nSPS) is 13.9. The number of ether oxygens (including phenoxy) is 1. The van der Waals surface area contributed by atoms with E-state index in [4.69, 9.17) is 4.74 Å². The molecule has 0 spiro atoms. The number of nitrogens with one attached hydrogen (secondary N) is 2. The first-order valence-electron chi connectivity index (χ1n) is 11.4. The average molecular weight is 507 g/mol. The monoisotopic (exact) mass is 506 g/mol. The third-order valence-corrected chi connectivity index (χ3v) is 7.38. The minimum Gasteiger partial charge on any atom is -0.461 e. The first-order valence-corrected chi connectivity index (χ1v) is 13.2. The molecule has 2 amide bonds. The minimum atomic E-state index is -0.894. The van der Waals surface area contributed by atoms with E-state index in [0.29, 0.717) is 12.2 Å². The van der Waals surface area contributed by atoms with E-state index in [0.717, 1.165) is 9.77 Å². The summed E-state index contributed by atoms with van der Waals surface area (Å²) < 4.78 is 6.41. The first-order chi connectivity index (χ1) is 16.2. The van der Waals surface area contributed by atoms with Crippen LogP contribution in [0.4, 0.5) is 0 Å². The van der Waals surface area contributed by atoms with Crippen molar-refractivity contribution in [2.45, 2.75) is 56.9 Å². The molecule has 7 nitrogen and oxygen atoms in total. The zero-order chi connectivity index (χ0) is 25.1. The van der Waals surface area contributed by atoms with Crippen LogP contribution < -0.4 is 10.8 Å². The van der Waals surface area contributed by atoms with Crippen molar-refractivity contribution in [3.8, 4) is 0 Å². The molecule has 2 rings (SSSR count). The Kier molecular flexibility index (Phi) is 11.6. The van der Waals surface area contributed by atoms with Gasteiger partial charge in [-0.25, -0.2) is 10.3 Å². The quantitative estimate of drug-likeness (QED) is 0.162. The lowest BCUT2D eigenvalue weighted by Gasteiger charge is -2.28. The van der Waals surface area contributed by atoms with Gasteiger partial charge in [-0.2, -0.15) is 0 Å². The van der Waals surface area contributed by atoms with Crippen LogP contribution >= 0.6 is 23.1 Å². The van der Waals surface area contributed by atoms with Crippen LogP contribution in [0.2, 0.25) is 0 Å². The summed E-state index contributed by atoms with van der Waals surface area (Å²) >= 11 is 3.01. The standard InChI is InChI=1S/C25H34N2O5S2/c1-16(2)13-19(20(24(29)27-31)15-34-22-11-8-12-33-22)23(28)26-21(25(30)32-17(3)4)14-18-9-6-5-7-10-18/h5-12,16-17,19-21,31H,13-15H2,1-4H3,(H,26,28)(H,27,29)/t19-,20+,21+/m1/s1. The van der Waals surface area contributed by atoms with Crippen LogP contribution in [0, 0.1) is 17.8 Å². The second-order valence-electron chi connectivity index (χ2n) is 8.80. The van der Waals surface area contributed by atoms with Crippen molar-refractivity contribution in [2.24, 2.45) is 17.8 Å². The van der Waals surface area contributed by atoms with E-state index in [1.165, 1.54) is 11.8 Å². The Morgan fingerprint density at radius 3 is 2.26 bits per heavy atom. The number of carbonyl (C=O) groups is 3. The van der Waals surface area contributed by atoms with Crippen molar-refractivity contribution in [3.05, 3.63) is 53.4 Å². The van der Waals surface area contributed by atoms with E-state index in [1.54, 1.807) is 30.7 Å². The molecule has 0 aliphatic rings. The zero-order valence-corrected chi connectivity index (χ0v) is 21.7. The van der Waals surface area contributed by atoms with Crippen molar-refractivity contribution in [3.63, 3.8) is 0 Å². The maximum Gasteiger partial charge on any atom is 0.329 e. The summed E-state index contributed by atoms with van der Waals surface area (Å²) in [5.74, 6) is -2.62. The van der Waals surface area contributed by atoms with Crippen LogP contribution in [-0.4, -0.2) is 40.9 Å². The van der Waals surface area contributed by atoms with Gasteiger partial charge in [0.15, 0.2) is 0 Å². The molecule has 34 heavy (non-hydrogen) atoms. The number of hydroxylamine groups is 1. The second-order valence-corrected chi connectivity index (χ2v) is 11.1. The fourth-order valence-electron chi connectivity index (χ4n) is 3.57. The van der Waals surface area contributed by atoms with Crippen molar-refractivity contribution in [2.75, 3.05) is 5.75 Å². The number of hydrogen-bond donors (Lipinski definition) is 3. The highest BCUT2D eigenvalue weighted by molar-refractivity contribution is 8.01. The van der Waals surface area contributed by atoms with Gasteiger partial charge in [0.25, 0.3) is 0 Å². The average Bonchev–Trinajstić information content (AvgIpc) is 3.31. The molecule has 1 aromatic carbocycles. The van der Waals surface area contributed by atoms with Crippen LogP contribution in [0.25, 0.3) is 0 Å². The lowest BCUT2D eigenvalue weighted by molar-refractivity contribution is -0.152. The molecule has 0 fully saturated rings. The second kappa shape index (κ2) is 14.1. The van der Waals surface area contributed by atoms with Gasteiger partial charge in [-0.05, 0) is 43.2 Å². The van der Waals surface area contributed by atoms with Crippen LogP contribution in [0.3, 0.4) is 0 Å². The number of benzene rings is 1. The number of hydrogen-bond acceptors (Lipinski definition) is 7. The van der Waals surface area contributed by atoms with Crippen molar-refractivity contribution in [1.82, 2.24) is 10.8 Å². The number of esters is 1. The van der Waals surface area contributed by atoms with Gasteiger partial charge < -0.3 is 10.1 Å². The SMILES string of the molecule is CC(C)C[C@@H](C(=O)N[C@@H](Cc1ccccc1)C(=O)OC(C)C)[C@H](CSc1cccs1)C(=O)NO. The van der Waals surface area contributed by atoms with E-state index in [2.05, 4.69) is 5.32 Å². The summed E-state index contributed by atoms with van der Waals surface area (Å²) in [6.45, 7) is 7.44. The predicted octanol–water partition coefficient (Wildman–Crippen LogP) is 4.30. The smallest absolute Gasteiger partial charge is 0.329 e. The van der Waals surface area contributed by atoms with E-state index in [1.807, 2.05) is 61.7 Å². The van der Waals surface area contributed by atoms with Gasteiger partial charge in [0.05, 0.1) is 22.1 Å². The Balaban J connectivity index is 2.26. The maximum absolute atomic E-state index is 13.5. The van der Waals surface area contributed by atoms with Crippen molar-refractivity contribution in [1.29, 1.82) is 0 Å². The van der Waals surface area contributed by atoms with Gasteiger partial charge in [-0.1, -0.05) is 50.2 Å². The van der Waals surface area contributed by atoms with Crippen molar-refractivity contribution >= 4 is 40.9 Å². The summed E-state index contributed by atoms with van der Waals surface area (Å²) in [7, 11) is 0. The van der Waals surface area contributed by atoms with Crippen LogP contribution in [0.1, 0.15) is 39.7 Å². The Morgan fingerprint density at radius 1 is 1.00 bits per heavy atom. The molecular formula is C25H34N2O5S2. The molecule has 0 unspecified atom stereocenters. The largest absolute Gasteiger partial charge is 0.461 e. The molecule has 0 bridgehead atoms. The molecule has 3 atom stereocenters. The van der Waals surface area contributed by atoms with Crippen molar-refractivity contribution < 1.29 is 24.3 Å². The lowest BCUT2D eigenvalue weighted by Crippen LogP contribution is -2.50. The predicted molar refractivity (Wildman–Crippen MR) is 135 cm³/mol. The summed E-state index contributed by atoms with van der Waals surface area (Å²) in [4.78, 5) is 38.9. The molecule has 1 heterocycles. The van der Waals surface area contributed by atoms with Gasteiger partial charge in [0.1, 0.15) is 6.04 Å². The number of thiophene rings is 1. The molecule has 1 aromatic heterocycles. The summed E-state index contributed by atoms with van der Waals surface area (Å²) in [6, 6.07) is 12.3. The Labute approximate surface area is 209 Å². The number of carbonyl (C=O) groups excluding carboxylic acids is 3. The molecule has 186 valence electrons. The van der Waals surface area contributed by atoms with Gasteiger partial charge >= 0.3 is 5.97 Å². The molecule has 0 aliphatic heterocycles. The maximum atomic E-state index is 13.5. The fourth-order valence-corrected chi connectivity index (χ4v) is 5.57. The number of amides is 2. The van der Waals surface area contributed by atoms with Gasteiger partial charge in [-0.3, -0.25) is 14.8 Å². The minimum absolute atomic E-state index is 0.117. The van der Waals surface area contributed by atoms with Crippen LogP contribution in [0.5, 0.6) is 0 Å². The van der Waals surface area contributed by atoms with Gasteiger partial charge in [-0.15, -0.1) is 23.1 Å². The van der Waals surface area contributed by atoms with E-state index in [-0.39, 0.29) is 18.4 Å². The fraction of sp³-hybridized carbons (Fsp3) is 0.480. The Morgan fingerprint density at radius 2 is 1.71 bits per heavy atom. The van der Waals surface area contributed by atoms with Crippen LogP contribution in [0.15, 0.2) is 52.1 Å². The topological polar surface area (TPSA) is 105 Å². The Bertz CT molecular complexity index is 903. The summed E-state index contributed by atoms with van der Waals surface area (Å²) in [5.41, 5.74) is 2.61. The van der Waals surface area contributed by atoms with Gasteiger partial charge in [0.2, 0.25) is 11.8 Å². The first kappa shape index (κ1) is 27.9. The molecule has 0 saturated carbocycles. The summed E-state index contributed by atoms with van der Waals surface area (Å²) in [6.07, 6.45) is 0.365. The third-order valence-electron chi connectivity index (χ3n) is 5.13. The highest BCUT2D eigenvalue weighted by Gasteiger charge is 2.36. The third kappa shape index (κ3) is 9.12. The van der Waals surface area contributed by atoms with E-state index in [9.17, 15) is 19.6 Å². The molecule has 3 N–H and O–H groups in total. The van der Waals surface area contributed by atoms with E-state index >= 15 is 0 Å². The van der Waals surface area contributed by atoms with Gasteiger partial charge in [0, 0.05) is 12.2 Å². The lowest BCUT2D eigenvalue weighted by atomic mass is 9.84. The zero-order valence-electron chi connectivity index (χ0n) is 20.0. The molecule has 9 heteroatoms. The van der Waals surface area contributed by atoms with E-state index < -0.39 is 35.7 Å².